The largest absolute Gasteiger partial charge is 0.507 e. The van der Waals surface area contributed by atoms with E-state index in [4.69, 9.17) is 9.47 Å². The zero-order valence-corrected chi connectivity index (χ0v) is 17.8. The average Bonchev–Trinajstić information content (AvgIpc) is 3.08. The van der Waals surface area contributed by atoms with Gasteiger partial charge in [-0.15, -0.1) is 0 Å². The molecule has 7 nitrogen and oxygen atoms in total. The Bertz CT molecular complexity index is 1030. The van der Waals surface area contributed by atoms with Crippen molar-refractivity contribution in [2.75, 3.05) is 19.7 Å². The van der Waals surface area contributed by atoms with Gasteiger partial charge in [0.15, 0.2) is 5.76 Å². The maximum atomic E-state index is 13.0. The van der Waals surface area contributed by atoms with Gasteiger partial charge in [-0.1, -0.05) is 6.07 Å². The van der Waals surface area contributed by atoms with Crippen LogP contribution in [0.5, 0.6) is 11.5 Å². The number of hydrogen-bond acceptors (Lipinski definition) is 7. The number of nitrogens with zero attached hydrogens (tertiary/aromatic N) is 2. The third-order valence-electron chi connectivity index (χ3n) is 5.69. The number of aromatic nitrogens is 1. The molecule has 31 heavy (non-hydrogen) atoms. The Hall–Kier alpha value is -3.19. The molecule has 2 aromatic rings. The molecule has 0 spiro atoms. The number of fused-ring (bicyclic) bond motifs is 1. The number of phenolic OH excluding ortho intramolecular Hbond substituents is 1. The first kappa shape index (κ1) is 21.1. The third-order valence-corrected chi connectivity index (χ3v) is 5.69. The zero-order chi connectivity index (χ0) is 22.0. The fourth-order valence-corrected chi connectivity index (χ4v) is 4.20. The smallest absolute Gasteiger partial charge is 0.310 e. The lowest BCUT2D eigenvalue weighted by Gasteiger charge is -2.31. The highest BCUT2D eigenvalue weighted by Crippen LogP contribution is 2.42. The summed E-state index contributed by atoms with van der Waals surface area (Å²) in [6, 6.07) is 7.04. The SMILES string of the molecule is CCOC(=O)C1CCCN(Cc2c(O)cc(C)c3c2O/C(=C\c2ccccn2)C3=O)C1. The number of ketones is 1. The third kappa shape index (κ3) is 4.32. The lowest BCUT2D eigenvalue weighted by molar-refractivity contribution is -0.150. The molecule has 2 aliphatic rings. The second kappa shape index (κ2) is 8.89. The van der Waals surface area contributed by atoms with E-state index in [1.165, 1.54) is 0 Å². The van der Waals surface area contributed by atoms with Gasteiger partial charge in [0.1, 0.15) is 11.5 Å². The van der Waals surface area contributed by atoms with Crippen LogP contribution >= 0.6 is 0 Å². The van der Waals surface area contributed by atoms with Crippen LogP contribution in [0.25, 0.3) is 6.08 Å². The number of carbonyl (C=O) groups is 2. The van der Waals surface area contributed by atoms with Crippen molar-refractivity contribution < 1.29 is 24.2 Å². The number of likely N-dealkylation sites (tertiary alicyclic amines) is 1. The van der Waals surface area contributed by atoms with Crippen LogP contribution < -0.4 is 4.74 Å². The van der Waals surface area contributed by atoms with Crippen molar-refractivity contribution in [1.29, 1.82) is 0 Å². The minimum atomic E-state index is -0.220. The fraction of sp³-hybridized carbons (Fsp3) is 0.375. The van der Waals surface area contributed by atoms with E-state index in [1.807, 2.05) is 6.07 Å². The van der Waals surface area contributed by atoms with Crippen LogP contribution in [0.4, 0.5) is 0 Å². The number of carbonyl (C=O) groups excluding carboxylic acids is 2. The highest BCUT2D eigenvalue weighted by Gasteiger charge is 2.35. The lowest BCUT2D eigenvalue weighted by Crippen LogP contribution is -2.39. The van der Waals surface area contributed by atoms with Crippen LogP contribution in [0.3, 0.4) is 0 Å². The van der Waals surface area contributed by atoms with Crippen molar-refractivity contribution in [3.8, 4) is 11.5 Å². The number of aryl methyl sites for hydroxylation is 1. The Balaban J connectivity index is 1.61. The molecule has 0 amide bonds. The van der Waals surface area contributed by atoms with Crippen LogP contribution in [-0.4, -0.2) is 46.4 Å². The lowest BCUT2D eigenvalue weighted by atomic mass is 9.96. The summed E-state index contributed by atoms with van der Waals surface area (Å²) in [6.45, 7) is 5.67. The molecule has 2 aliphatic heterocycles. The molecule has 1 N–H and O–H groups in total. The van der Waals surface area contributed by atoms with Crippen molar-refractivity contribution in [1.82, 2.24) is 9.88 Å². The molecule has 0 aliphatic carbocycles. The number of piperidine rings is 1. The van der Waals surface area contributed by atoms with Gasteiger partial charge >= 0.3 is 5.97 Å². The molecule has 7 heteroatoms. The standard InChI is InChI=1S/C24H26N2O5/c1-3-30-24(29)16-7-6-10-26(13-16)14-18-19(27)11-15(2)21-22(28)20(31-23(18)21)12-17-8-4-5-9-25-17/h4-5,8-9,11-12,16,27H,3,6-7,10,13-14H2,1-2H3/b20-12-. The first-order valence-electron chi connectivity index (χ1n) is 10.6. The Morgan fingerprint density at radius 1 is 1.42 bits per heavy atom. The quantitative estimate of drug-likeness (QED) is 0.583. The molecule has 1 fully saturated rings. The predicted octanol–water partition coefficient (Wildman–Crippen LogP) is 3.49. The first-order valence-corrected chi connectivity index (χ1v) is 10.6. The Kier molecular flexibility index (Phi) is 6.04. The van der Waals surface area contributed by atoms with Crippen LogP contribution in [0.15, 0.2) is 36.2 Å². The number of allylic oxidation sites excluding steroid dienone is 1. The molecule has 1 unspecified atom stereocenters. The Morgan fingerprint density at radius 3 is 3.00 bits per heavy atom. The van der Waals surface area contributed by atoms with E-state index >= 15 is 0 Å². The van der Waals surface area contributed by atoms with E-state index in [1.54, 1.807) is 44.3 Å². The highest BCUT2D eigenvalue weighted by molar-refractivity contribution is 6.15. The molecule has 3 heterocycles. The van der Waals surface area contributed by atoms with E-state index in [-0.39, 0.29) is 29.2 Å². The van der Waals surface area contributed by atoms with Crippen LogP contribution in [-0.2, 0) is 16.1 Å². The molecule has 1 aromatic carbocycles. The number of hydrogen-bond donors (Lipinski definition) is 1. The molecule has 0 bridgehead atoms. The van der Waals surface area contributed by atoms with Crippen LogP contribution in [0, 0.1) is 12.8 Å². The molecule has 1 saturated heterocycles. The van der Waals surface area contributed by atoms with Gasteiger partial charge in [-0.25, -0.2) is 0 Å². The number of pyridine rings is 1. The number of aromatic hydroxyl groups is 1. The van der Waals surface area contributed by atoms with Crippen molar-refractivity contribution >= 4 is 17.8 Å². The summed E-state index contributed by atoms with van der Waals surface area (Å²) in [5.41, 5.74) is 2.31. The minimum absolute atomic E-state index is 0.0846. The summed E-state index contributed by atoms with van der Waals surface area (Å²) < 4.78 is 11.1. The summed E-state index contributed by atoms with van der Waals surface area (Å²) in [5.74, 6) is 0.0764. The normalized spacial score (nSPS) is 19.9. The van der Waals surface area contributed by atoms with Crippen molar-refractivity contribution in [2.24, 2.45) is 5.92 Å². The number of Topliss-reactive ketones (excluding diaryl/α,β-unsaturated/α-hetero) is 1. The van der Waals surface area contributed by atoms with Crippen molar-refractivity contribution in [3.05, 3.63) is 58.6 Å². The summed E-state index contributed by atoms with van der Waals surface area (Å²) in [6.07, 6.45) is 4.92. The van der Waals surface area contributed by atoms with Crippen LogP contribution in [0.2, 0.25) is 0 Å². The maximum absolute atomic E-state index is 13.0. The van der Waals surface area contributed by atoms with Gasteiger partial charge in [-0.05, 0) is 57.0 Å². The van der Waals surface area contributed by atoms with E-state index in [2.05, 4.69) is 9.88 Å². The monoisotopic (exact) mass is 422 g/mol. The number of benzene rings is 1. The number of phenols is 1. The van der Waals surface area contributed by atoms with Gasteiger partial charge in [0.05, 0.1) is 29.3 Å². The molecular weight excluding hydrogens is 396 g/mol. The van der Waals surface area contributed by atoms with E-state index in [9.17, 15) is 14.7 Å². The number of esters is 1. The molecular formula is C24H26N2O5. The summed E-state index contributed by atoms with van der Waals surface area (Å²) >= 11 is 0. The fourth-order valence-electron chi connectivity index (χ4n) is 4.20. The maximum Gasteiger partial charge on any atom is 0.310 e. The van der Waals surface area contributed by atoms with Gasteiger partial charge in [0.25, 0.3) is 0 Å². The van der Waals surface area contributed by atoms with E-state index < -0.39 is 0 Å². The average molecular weight is 422 g/mol. The molecule has 1 atom stereocenters. The van der Waals surface area contributed by atoms with Crippen molar-refractivity contribution in [3.63, 3.8) is 0 Å². The van der Waals surface area contributed by atoms with Crippen LogP contribution in [0.1, 0.15) is 46.9 Å². The second-order valence-electron chi connectivity index (χ2n) is 7.92. The topological polar surface area (TPSA) is 89.0 Å². The van der Waals surface area contributed by atoms with Gasteiger partial charge in [-0.3, -0.25) is 19.5 Å². The molecule has 0 radical (unpaired) electrons. The van der Waals surface area contributed by atoms with Gasteiger partial charge < -0.3 is 14.6 Å². The van der Waals surface area contributed by atoms with E-state index in [0.29, 0.717) is 47.8 Å². The Labute approximate surface area is 181 Å². The summed E-state index contributed by atoms with van der Waals surface area (Å²) in [4.78, 5) is 31.5. The summed E-state index contributed by atoms with van der Waals surface area (Å²) in [5, 5.41) is 10.7. The number of ether oxygens (including phenoxy) is 2. The molecule has 1 aromatic heterocycles. The van der Waals surface area contributed by atoms with Gasteiger partial charge in [0, 0.05) is 25.4 Å². The summed E-state index contributed by atoms with van der Waals surface area (Å²) in [7, 11) is 0. The first-order chi connectivity index (χ1) is 15.0. The van der Waals surface area contributed by atoms with Gasteiger partial charge in [0.2, 0.25) is 5.78 Å². The molecule has 162 valence electrons. The predicted molar refractivity (Wildman–Crippen MR) is 115 cm³/mol. The minimum Gasteiger partial charge on any atom is -0.507 e. The Morgan fingerprint density at radius 2 is 2.26 bits per heavy atom. The van der Waals surface area contributed by atoms with Gasteiger partial charge in [-0.2, -0.15) is 0 Å². The highest BCUT2D eigenvalue weighted by atomic mass is 16.5. The number of rotatable bonds is 5. The van der Waals surface area contributed by atoms with Crippen molar-refractivity contribution in [2.45, 2.75) is 33.2 Å². The molecule has 4 rings (SSSR count). The van der Waals surface area contributed by atoms with E-state index in [0.717, 1.165) is 19.4 Å². The second-order valence-corrected chi connectivity index (χ2v) is 7.92. The molecule has 0 saturated carbocycles. The zero-order valence-electron chi connectivity index (χ0n) is 17.8.